The zero-order valence-corrected chi connectivity index (χ0v) is 14.4. The summed E-state index contributed by atoms with van der Waals surface area (Å²) in [4.78, 5) is 13.0. The summed E-state index contributed by atoms with van der Waals surface area (Å²) in [7, 11) is 0. The van der Waals surface area contributed by atoms with Gasteiger partial charge in [-0.3, -0.25) is 4.79 Å². The third kappa shape index (κ3) is 2.66. The van der Waals surface area contributed by atoms with E-state index < -0.39 is 0 Å². The van der Waals surface area contributed by atoms with Crippen molar-refractivity contribution in [2.45, 2.75) is 31.7 Å². The van der Waals surface area contributed by atoms with E-state index in [1.165, 1.54) is 16.3 Å². The Bertz CT molecular complexity index is 952. The van der Waals surface area contributed by atoms with Gasteiger partial charge in [-0.1, -0.05) is 48.5 Å². The second kappa shape index (κ2) is 5.92. The molecule has 126 valence electrons. The molecule has 0 spiro atoms. The Balaban J connectivity index is 1.74. The number of rotatable bonds is 3. The second-order valence-corrected chi connectivity index (χ2v) is 6.99. The molecule has 1 aliphatic rings. The van der Waals surface area contributed by atoms with Crippen molar-refractivity contribution < 1.29 is 4.79 Å². The van der Waals surface area contributed by atoms with Crippen molar-refractivity contribution in [3.05, 3.63) is 77.4 Å². The Morgan fingerprint density at radius 2 is 1.80 bits per heavy atom. The van der Waals surface area contributed by atoms with Crippen molar-refractivity contribution in [3.8, 4) is 0 Å². The van der Waals surface area contributed by atoms with E-state index in [0.717, 1.165) is 24.8 Å². The van der Waals surface area contributed by atoms with Gasteiger partial charge < -0.3 is 11.1 Å². The molecule has 0 unspecified atom stereocenters. The van der Waals surface area contributed by atoms with Crippen LogP contribution in [0.15, 0.2) is 60.7 Å². The maximum atomic E-state index is 13.0. The largest absolute Gasteiger partial charge is 0.399 e. The van der Waals surface area contributed by atoms with Crippen LogP contribution < -0.4 is 11.1 Å². The zero-order chi connectivity index (χ0) is 17.4. The third-order valence-corrected chi connectivity index (χ3v) is 5.37. The summed E-state index contributed by atoms with van der Waals surface area (Å²) in [5, 5.41) is 5.75. The fourth-order valence-electron chi connectivity index (χ4n) is 3.80. The predicted octanol–water partition coefficient (Wildman–Crippen LogP) is 4.54. The topological polar surface area (TPSA) is 55.1 Å². The van der Waals surface area contributed by atoms with Crippen molar-refractivity contribution in [2.24, 2.45) is 0 Å². The average Bonchev–Trinajstić information content (AvgIpc) is 2.59. The van der Waals surface area contributed by atoms with E-state index in [-0.39, 0.29) is 11.4 Å². The fourth-order valence-corrected chi connectivity index (χ4v) is 3.80. The summed E-state index contributed by atoms with van der Waals surface area (Å²) in [5.41, 5.74) is 9.03. The van der Waals surface area contributed by atoms with Gasteiger partial charge in [0.25, 0.3) is 5.91 Å². The summed E-state index contributed by atoms with van der Waals surface area (Å²) in [5.74, 6) is -0.0440. The van der Waals surface area contributed by atoms with E-state index in [9.17, 15) is 4.79 Å². The number of carbonyl (C=O) groups excluding carboxylic acids is 1. The van der Waals surface area contributed by atoms with Crippen molar-refractivity contribution in [1.29, 1.82) is 0 Å². The number of fused-ring (bicyclic) bond motifs is 1. The number of aryl methyl sites for hydroxylation is 1. The monoisotopic (exact) mass is 330 g/mol. The first kappa shape index (κ1) is 15.7. The van der Waals surface area contributed by atoms with Crippen LogP contribution in [0, 0.1) is 6.92 Å². The van der Waals surface area contributed by atoms with Gasteiger partial charge in [-0.25, -0.2) is 0 Å². The molecule has 3 aromatic rings. The van der Waals surface area contributed by atoms with Gasteiger partial charge in [-0.15, -0.1) is 0 Å². The smallest absolute Gasteiger partial charge is 0.252 e. The van der Waals surface area contributed by atoms with Crippen molar-refractivity contribution >= 4 is 22.4 Å². The van der Waals surface area contributed by atoms with Crippen LogP contribution in [0.2, 0.25) is 0 Å². The minimum atomic E-state index is -0.283. The average molecular weight is 330 g/mol. The molecule has 0 saturated heterocycles. The maximum absolute atomic E-state index is 13.0. The predicted molar refractivity (Wildman–Crippen MR) is 103 cm³/mol. The lowest BCUT2D eigenvalue weighted by Gasteiger charge is -2.44. The molecule has 0 atom stereocenters. The van der Waals surface area contributed by atoms with E-state index >= 15 is 0 Å². The first-order valence-corrected chi connectivity index (χ1v) is 8.76. The first-order chi connectivity index (χ1) is 12.1. The number of hydrogen-bond donors (Lipinski definition) is 2. The molecule has 3 N–H and O–H groups in total. The molecule has 1 aliphatic carbocycles. The highest BCUT2D eigenvalue weighted by molar-refractivity contribution is 5.97. The molecule has 0 aromatic heterocycles. The molecule has 3 nitrogen and oxygen atoms in total. The summed E-state index contributed by atoms with van der Waals surface area (Å²) >= 11 is 0. The molecule has 0 radical (unpaired) electrons. The highest BCUT2D eigenvalue weighted by Crippen LogP contribution is 2.44. The number of nitrogen functional groups attached to an aromatic ring is 1. The van der Waals surface area contributed by atoms with Crippen LogP contribution in [0.4, 0.5) is 5.69 Å². The second-order valence-electron chi connectivity index (χ2n) is 6.99. The fraction of sp³-hybridized carbons (Fsp3) is 0.227. The number of nitrogens with two attached hydrogens (primary N) is 1. The number of hydrogen-bond acceptors (Lipinski definition) is 2. The van der Waals surface area contributed by atoms with Crippen LogP contribution >= 0.6 is 0 Å². The molecular formula is C22H22N2O. The summed E-state index contributed by atoms with van der Waals surface area (Å²) < 4.78 is 0. The molecule has 1 amide bonds. The Kier molecular flexibility index (Phi) is 3.72. The number of benzene rings is 3. The molecule has 0 aliphatic heterocycles. The normalized spacial score (nSPS) is 15.6. The van der Waals surface area contributed by atoms with E-state index in [0.29, 0.717) is 11.3 Å². The van der Waals surface area contributed by atoms with Crippen LogP contribution in [0.3, 0.4) is 0 Å². The highest BCUT2D eigenvalue weighted by atomic mass is 16.1. The highest BCUT2D eigenvalue weighted by Gasteiger charge is 2.41. The zero-order valence-electron chi connectivity index (χ0n) is 14.4. The Labute approximate surface area is 147 Å². The van der Waals surface area contributed by atoms with Crippen molar-refractivity contribution in [3.63, 3.8) is 0 Å². The van der Waals surface area contributed by atoms with Crippen molar-refractivity contribution in [2.75, 3.05) is 5.73 Å². The molecule has 1 saturated carbocycles. The Hall–Kier alpha value is -2.81. The van der Waals surface area contributed by atoms with Crippen LogP contribution in [-0.4, -0.2) is 5.91 Å². The van der Waals surface area contributed by atoms with Gasteiger partial charge in [0, 0.05) is 11.3 Å². The van der Waals surface area contributed by atoms with Gasteiger partial charge >= 0.3 is 0 Å². The quantitative estimate of drug-likeness (QED) is 0.693. The van der Waals surface area contributed by atoms with Gasteiger partial charge in [-0.05, 0) is 60.2 Å². The van der Waals surface area contributed by atoms with Crippen LogP contribution in [0.1, 0.15) is 40.7 Å². The SMILES string of the molecule is Cc1ccc(N)cc1C(=O)NC1(c2cccc3ccccc23)CCC1. The summed E-state index contributed by atoms with van der Waals surface area (Å²) in [6, 6.07) is 20.2. The first-order valence-electron chi connectivity index (χ1n) is 8.76. The number of amides is 1. The molecule has 0 bridgehead atoms. The van der Waals surface area contributed by atoms with Crippen LogP contribution in [-0.2, 0) is 5.54 Å². The lowest BCUT2D eigenvalue weighted by atomic mass is 9.70. The number of carbonyl (C=O) groups is 1. The lowest BCUT2D eigenvalue weighted by molar-refractivity contribution is 0.0825. The molecular weight excluding hydrogens is 308 g/mol. The minimum absolute atomic E-state index is 0.0440. The molecule has 3 aromatic carbocycles. The van der Waals surface area contributed by atoms with Gasteiger partial charge in [0.2, 0.25) is 0 Å². The van der Waals surface area contributed by atoms with E-state index in [4.69, 9.17) is 5.73 Å². The van der Waals surface area contributed by atoms with Gasteiger partial charge in [0.15, 0.2) is 0 Å². The molecule has 4 rings (SSSR count). The van der Waals surface area contributed by atoms with Gasteiger partial charge in [-0.2, -0.15) is 0 Å². The summed E-state index contributed by atoms with van der Waals surface area (Å²) in [6.07, 6.45) is 3.06. The minimum Gasteiger partial charge on any atom is -0.399 e. The van der Waals surface area contributed by atoms with Gasteiger partial charge in [0.05, 0.1) is 5.54 Å². The van der Waals surface area contributed by atoms with E-state index in [1.807, 2.05) is 25.1 Å². The Morgan fingerprint density at radius 1 is 1.04 bits per heavy atom. The van der Waals surface area contributed by atoms with E-state index in [2.05, 4.69) is 41.7 Å². The number of nitrogens with one attached hydrogen (secondary N) is 1. The molecule has 25 heavy (non-hydrogen) atoms. The summed E-state index contributed by atoms with van der Waals surface area (Å²) in [6.45, 7) is 1.94. The molecule has 0 heterocycles. The third-order valence-electron chi connectivity index (χ3n) is 5.37. The maximum Gasteiger partial charge on any atom is 0.252 e. The van der Waals surface area contributed by atoms with Crippen LogP contribution in [0.5, 0.6) is 0 Å². The van der Waals surface area contributed by atoms with Crippen LogP contribution in [0.25, 0.3) is 10.8 Å². The van der Waals surface area contributed by atoms with Crippen molar-refractivity contribution in [1.82, 2.24) is 5.32 Å². The number of anilines is 1. The molecule has 1 fully saturated rings. The standard InChI is InChI=1S/C22H22N2O/c1-15-10-11-17(23)14-19(15)21(25)24-22(12-5-13-22)20-9-4-7-16-6-2-3-8-18(16)20/h2-4,6-11,14H,5,12-13,23H2,1H3,(H,24,25). The Morgan fingerprint density at radius 3 is 2.56 bits per heavy atom. The lowest BCUT2D eigenvalue weighted by Crippen LogP contribution is -2.51. The molecule has 3 heteroatoms. The van der Waals surface area contributed by atoms with E-state index in [1.54, 1.807) is 6.07 Å². The van der Waals surface area contributed by atoms with Gasteiger partial charge in [0.1, 0.15) is 0 Å².